The zero-order chi connectivity index (χ0) is 34.1. The molecule has 2 aromatic heterocycles. The molecule has 0 radical (unpaired) electrons. The molecule has 1 amide bonds. The van der Waals surface area contributed by atoms with Crippen LogP contribution in [0.2, 0.25) is 0 Å². The highest BCUT2D eigenvalue weighted by molar-refractivity contribution is 7.89. The molecule has 1 fully saturated rings. The second kappa shape index (κ2) is 12.8. The van der Waals surface area contributed by atoms with Gasteiger partial charge in [0.1, 0.15) is 28.6 Å². The number of anilines is 1. The molecule has 2 aromatic carbocycles. The molecule has 0 spiro atoms. The molecule has 47 heavy (non-hydrogen) atoms. The average Bonchev–Trinajstić information content (AvgIpc) is 3.43. The first-order chi connectivity index (χ1) is 22.0. The number of pyridine rings is 1. The Morgan fingerprint density at radius 2 is 1.53 bits per heavy atom. The number of aromatic nitrogens is 2. The summed E-state index contributed by atoms with van der Waals surface area (Å²) in [6.07, 6.45) is -7.38. The molecular formula is C27H21F6N5O7S2. The fourth-order valence-corrected chi connectivity index (χ4v) is 7.20. The van der Waals surface area contributed by atoms with E-state index in [1.165, 1.54) is 18.3 Å². The number of sulfonamides is 1. The number of nitrogens with zero attached hydrogens (tertiary/aromatic N) is 4. The number of nitrogens with one attached hydrogen (secondary N) is 1. The van der Waals surface area contributed by atoms with E-state index in [1.54, 1.807) is 4.90 Å². The van der Waals surface area contributed by atoms with E-state index in [0.717, 1.165) is 58.2 Å². The highest BCUT2D eigenvalue weighted by Crippen LogP contribution is 2.33. The molecule has 3 heterocycles. The first-order valence-corrected chi connectivity index (χ1v) is 15.5. The van der Waals surface area contributed by atoms with Crippen LogP contribution < -0.4 is 19.7 Å². The Kier molecular flexibility index (Phi) is 9.20. The van der Waals surface area contributed by atoms with E-state index < -0.39 is 57.1 Å². The smallest absolute Gasteiger partial charge is 0.478 e. The number of benzene rings is 2. The van der Waals surface area contributed by atoms with Crippen LogP contribution >= 0.6 is 11.3 Å². The van der Waals surface area contributed by atoms with Gasteiger partial charge in [-0.3, -0.25) is 9.78 Å². The second-order valence-corrected chi connectivity index (χ2v) is 12.7. The van der Waals surface area contributed by atoms with E-state index in [9.17, 15) is 49.5 Å². The third-order valence-electron chi connectivity index (χ3n) is 6.72. The number of thiazole rings is 1. The molecule has 0 aliphatic carbocycles. The third kappa shape index (κ3) is 8.00. The van der Waals surface area contributed by atoms with E-state index in [0.29, 0.717) is 10.3 Å². The SMILES string of the molecule is O=C(O)c1cncc2sc(N3CCN(S(=O)(=O)c4ccc(OC(F)(F)F)cc4)[C@@H](C(=O)NCc4ccc(OC(F)(F)F)cc4)C3)nc12. The molecular weight excluding hydrogens is 684 g/mol. The maximum Gasteiger partial charge on any atom is 0.573 e. The number of ether oxygens (including phenoxy) is 2. The molecule has 2 N–H and O–H groups in total. The van der Waals surface area contributed by atoms with Crippen molar-refractivity contribution in [2.45, 2.75) is 30.2 Å². The molecule has 1 aliphatic heterocycles. The number of piperazine rings is 1. The Balaban J connectivity index is 1.41. The normalized spacial score (nSPS) is 16.2. The topological polar surface area (TPSA) is 151 Å². The molecule has 5 rings (SSSR count). The van der Waals surface area contributed by atoms with Gasteiger partial charge >= 0.3 is 18.7 Å². The fraction of sp³-hybridized carbons (Fsp3) is 0.259. The minimum atomic E-state index is -5.01. The summed E-state index contributed by atoms with van der Waals surface area (Å²) in [6, 6.07) is 6.59. The summed E-state index contributed by atoms with van der Waals surface area (Å²) >= 11 is 1.07. The summed E-state index contributed by atoms with van der Waals surface area (Å²) in [4.78, 5) is 34.7. The predicted octanol–water partition coefficient (Wildman–Crippen LogP) is 4.38. The second-order valence-electron chi connectivity index (χ2n) is 9.84. The van der Waals surface area contributed by atoms with Crippen LogP contribution in [-0.2, 0) is 21.4 Å². The maximum absolute atomic E-state index is 13.7. The number of fused-ring (bicyclic) bond motifs is 1. The standard InChI is InChI=1S/C27H21F6N5O7S2/c28-26(29,30)44-16-3-1-15(2-4-16)11-35-23(39)20-14-37(25-36-22-19(24(40)41)12-34-13-21(22)46-25)9-10-38(20)47(42,43)18-7-5-17(6-8-18)45-27(31,32)33/h1-8,12-13,20H,9-11,14H2,(H,35,39)(H,40,41)/t20-/m1/s1. The Morgan fingerprint density at radius 3 is 2.11 bits per heavy atom. The third-order valence-corrected chi connectivity index (χ3v) is 9.69. The van der Waals surface area contributed by atoms with Crippen molar-refractivity contribution in [2.24, 2.45) is 0 Å². The Morgan fingerprint density at radius 1 is 0.936 bits per heavy atom. The molecule has 1 saturated heterocycles. The van der Waals surface area contributed by atoms with E-state index in [1.807, 2.05) is 0 Å². The number of halogens is 6. The zero-order valence-corrected chi connectivity index (χ0v) is 25.1. The lowest BCUT2D eigenvalue weighted by atomic mass is 10.1. The number of aromatic carboxylic acids is 1. The van der Waals surface area contributed by atoms with Crippen molar-refractivity contribution < 1.29 is 58.9 Å². The van der Waals surface area contributed by atoms with Gasteiger partial charge in [-0.25, -0.2) is 18.2 Å². The molecule has 0 saturated carbocycles. The summed E-state index contributed by atoms with van der Waals surface area (Å²) < 4.78 is 112. The molecule has 4 aromatic rings. The number of hydrogen-bond donors (Lipinski definition) is 2. The summed E-state index contributed by atoms with van der Waals surface area (Å²) in [6.45, 7) is -0.776. The fourth-order valence-electron chi connectivity index (χ4n) is 4.64. The van der Waals surface area contributed by atoms with E-state index >= 15 is 0 Å². The van der Waals surface area contributed by atoms with Crippen molar-refractivity contribution in [2.75, 3.05) is 24.5 Å². The van der Waals surface area contributed by atoms with Crippen LogP contribution in [0.4, 0.5) is 31.5 Å². The van der Waals surface area contributed by atoms with Crippen LogP contribution in [0, 0.1) is 0 Å². The molecule has 1 atom stereocenters. The monoisotopic (exact) mass is 705 g/mol. The van der Waals surface area contributed by atoms with Crippen LogP contribution in [0.3, 0.4) is 0 Å². The molecule has 1 aliphatic rings. The Bertz CT molecular complexity index is 1890. The average molecular weight is 706 g/mol. The molecule has 0 bridgehead atoms. The number of carboxylic acids is 1. The van der Waals surface area contributed by atoms with Gasteiger partial charge in [0.2, 0.25) is 15.9 Å². The van der Waals surface area contributed by atoms with Gasteiger partial charge in [0.25, 0.3) is 0 Å². The lowest BCUT2D eigenvalue weighted by Crippen LogP contribution is -2.60. The quantitative estimate of drug-likeness (QED) is 0.240. The van der Waals surface area contributed by atoms with Crippen molar-refractivity contribution >= 4 is 48.6 Å². The number of alkyl halides is 6. The van der Waals surface area contributed by atoms with Crippen LogP contribution in [0.1, 0.15) is 15.9 Å². The minimum Gasteiger partial charge on any atom is -0.478 e. The minimum absolute atomic E-state index is 0.00536. The van der Waals surface area contributed by atoms with Crippen molar-refractivity contribution in [3.8, 4) is 11.5 Å². The van der Waals surface area contributed by atoms with Gasteiger partial charge in [0, 0.05) is 38.6 Å². The van der Waals surface area contributed by atoms with Gasteiger partial charge in [-0.15, -0.1) is 26.3 Å². The number of amides is 1. The highest BCUT2D eigenvalue weighted by Gasteiger charge is 2.41. The summed E-state index contributed by atoms with van der Waals surface area (Å²) in [5, 5.41) is 12.3. The van der Waals surface area contributed by atoms with Crippen LogP contribution in [0.5, 0.6) is 11.5 Å². The summed E-state index contributed by atoms with van der Waals surface area (Å²) in [5.41, 5.74) is 0.336. The molecule has 250 valence electrons. The van der Waals surface area contributed by atoms with Gasteiger partial charge in [-0.2, -0.15) is 4.31 Å². The number of carbonyl (C=O) groups is 2. The lowest BCUT2D eigenvalue weighted by molar-refractivity contribution is -0.275. The molecule has 20 heteroatoms. The Hall–Kier alpha value is -4.69. The van der Waals surface area contributed by atoms with Crippen molar-refractivity contribution in [1.82, 2.24) is 19.6 Å². The molecule has 12 nitrogen and oxygen atoms in total. The van der Waals surface area contributed by atoms with Crippen molar-refractivity contribution in [3.63, 3.8) is 0 Å². The van der Waals surface area contributed by atoms with Crippen LogP contribution in [-0.4, -0.2) is 78.1 Å². The van der Waals surface area contributed by atoms with E-state index in [-0.39, 0.29) is 42.4 Å². The first kappa shape index (κ1) is 33.7. The summed E-state index contributed by atoms with van der Waals surface area (Å²) in [7, 11) is -4.49. The summed E-state index contributed by atoms with van der Waals surface area (Å²) in [5.74, 6) is -3.22. The van der Waals surface area contributed by atoms with Gasteiger partial charge in [-0.1, -0.05) is 23.5 Å². The van der Waals surface area contributed by atoms with Gasteiger partial charge in [0.05, 0.1) is 9.60 Å². The van der Waals surface area contributed by atoms with E-state index in [2.05, 4.69) is 24.8 Å². The Labute approximate surface area is 265 Å². The zero-order valence-electron chi connectivity index (χ0n) is 23.4. The van der Waals surface area contributed by atoms with Crippen LogP contribution in [0.15, 0.2) is 65.8 Å². The number of carbonyl (C=O) groups excluding carboxylic acids is 1. The highest BCUT2D eigenvalue weighted by atomic mass is 32.2. The van der Waals surface area contributed by atoms with Gasteiger partial charge in [-0.05, 0) is 42.0 Å². The molecule has 0 unspecified atom stereocenters. The van der Waals surface area contributed by atoms with Crippen molar-refractivity contribution in [3.05, 3.63) is 72.1 Å². The van der Waals surface area contributed by atoms with E-state index in [4.69, 9.17) is 0 Å². The van der Waals surface area contributed by atoms with Crippen LogP contribution in [0.25, 0.3) is 10.2 Å². The van der Waals surface area contributed by atoms with Crippen molar-refractivity contribution in [1.29, 1.82) is 0 Å². The number of hydrogen-bond acceptors (Lipinski definition) is 10. The first-order valence-electron chi connectivity index (χ1n) is 13.2. The maximum atomic E-state index is 13.7. The largest absolute Gasteiger partial charge is 0.573 e. The van der Waals surface area contributed by atoms with Gasteiger partial charge in [0.15, 0.2) is 5.13 Å². The lowest BCUT2D eigenvalue weighted by Gasteiger charge is -2.39. The number of carboxylic acid groups (broad SMARTS) is 1. The predicted molar refractivity (Wildman–Crippen MR) is 152 cm³/mol. The van der Waals surface area contributed by atoms with Gasteiger partial charge < -0.3 is 24.8 Å². The number of rotatable bonds is 9.